The summed E-state index contributed by atoms with van der Waals surface area (Å²) in [7, 11) is 0. The highest BCUT2D eigenvalue weighted by Gasteiger charge is 2.20. The highest BCUT2D eigenvalue weighted by Crippen LogP contribution is 2.44. The molecule has 12 rings (SSSR count). The van der Waals surface area contributed by atoms with Crippen molar-refractivity contribution in [3.8, 4) is 39.1 Å². The van der Waals surface area contributed by atoms with Crippen molar-refractivity contribution in [3.05, 3.63) is 242 Å². The summed E-state index contributed by atoms with van der Waals surface area (Å²) in [5.41, 5.74) is 8.65. The Hall–Kier alpha value is -8.20. The first-order chi connectivity index (χ1) is 34.9. The molecule has 290 valence electrons. The second-order valence-electron chi connectivity index (χ2n) is 15.4. The first-order valence-corrected chi connectivity index (χ1v) is 20.5. The molecule has 0 bridgehead atoms. The van der Waals surface area contributed by atoms with E-state index in [1.165, 1.54) is 10.8 Å². The van der Waals surface area contributed by atoms with Crippen LogP contribution in [0.1, 0.15) is 13.7 Å². The standard InChI is InChI=1S/C60H40N2/c1-3-13-41(14-4-1)44-25-32-49(33-26-44)61(50-34-27-45(28-35-50)42-15-5-2-6-16-42)58-24-12-22-54-52(21-11-23-55(54)58)48-31-37-56-57-38-30-46-18-9-10-20-53(46)60(57)62(59(56)40-48)51-36-29-43-17-7-8-19-47(43)39-51/h1-40H/i1D,2D,3D,4D,5D,6D,13D,14D,15D,16D. The van der Waals surface area contributed by atoms with Gasteiger partial charge >= 0.3 is 0 Å². The van der Waals surface area contributed by atoms with Crippen LogP contribution in [-0.2, 0) is 0 Å². The van der Waals surface area contributed by atoms with Crippen LogP contribution >= 0.6 is 0 Å². The Bertz CT molecular complexity index is 4050. The Balaban J connectivity index is 1.04. The van der Waals surface area contributed by atoms with Crippen LogP contribution in [0.3, 0.4) is 0 Å². The number of benzene rings is 11. The van der Waals surface area contributed by atoms with Gasteiger partial charge in [0.15, 0.2) is 0 Å². The first kappa shape index (κ1) is 26.8. The molecule has 1 heterocycles. The molecule has 12 aromatic rings. The number of nitrogens with zero attached hydrogens (tertiary/aromatic N) is 2. The van der Waals surface area contributed by atoms with Gasteiger partial charge in [0, 0.05) is 38.6 Å². The van der Waals surface area contributed by atoms with Crippen molar-refractivity contribution in [3.63, 3.8) is 0 Å². The molecular weight excluding hydrogens is 749 g/mol. The van der Waals surface area contributed by atoms with E-state index in [1.54, 1.807) is 24.3 Å². The van der Waals surface area contributed by atoms with Gasteiger partial charge in [0.05, 0.1) is 30.4 Å². The second-order valence-corrected chi connectivity index (χ2v) is 15.4. The third-order valence-corrected chi connectivity index (χ3v) is 11.9. The zero-order valence-corrected chi connectivity index (χ0v) is 33.2. The van der Waals surface area contributed by atoms with E-state index in [0.717, 1.165) is 65.9 Å². The van der Waals surface area contributed by atoms with Crippen molar-refractivity contribution >= 4 is 71.2 Å². The fraction of sp³-hybridized carbons (Fsp3) is 0. The monoisotopic (exact) mass is 798 g/mol. The minimum atomic E-state index is -0.459. The Kier molecular flexibility index (Phi) is 6.40. The maximum Gasteiger partial charge on any atom is 0.0629 e. The summed E-state index contributed by atoms with van der Waals surface area (Å²) >= 11 is 0. The molecule has 62 heavy (non-hydrogen) atoms. The molecule has 0 atom stereocenters. The van der Waals surface area contributed by atoms with Crippen LogP contribution in [0.25, 0.3) is 93.2 Å². The molecule has 0 aliphatic carbocycles. The Morgan fingerprint density at radius 1 is 0.355 bits per heavy atom. The van der Waals surface area contributed by atoms with Crippen LogP contribution in [0.15, 0.2) is 242 Å². The zero-order valence-electron chi connectivity index (χ0n) is 43.2. The number of rotatable bonds is 7. The van der Waals surface area contributed by atoms with Gasteiger partial charge in [0.2, 0.25) is 0 Å². The number of anilines is 3. The van der Waals surface area contributed by atoms with Gasteiger partial charge in [0.1, 0.15) is 0 Å². The smallest absolute Gasteiger partial charge is 0.0629 e. The van der Waals surface area contributed by atoms with Crippen LogP contribution in [-0.4, -0.2) is 4.57 Å². The summed E-state index contributed by atoms with van der Waals surface area (Å²) < 4.78 is 86.6. The molecule has 0 aliphatic heterocycles. The molecule has 2 nitrogen and oxygen atoms in total. The highest BCUT2D eigenvalue weighted by molar-refractivity contribution is 6.19. The SMILES string of the molecule is [2H]c1c([2H])c([2H])c(-c2ccc(N(c3ccc(-c4c([2H])c([2H])c([2H])c([2H])c4[2H])cc3)c3cccc4c(-c5ccc6c7ccc8ccccc8c7n(-c7ccc8ccccc8c7)c6c5)cccc34)cc2)c([2H])c1[2H]. The van der Waals surface area contributed by atoms with E-state index in [2.05, 4.69) is 131 Å². The van der Waals surface area contributed by atoms with Gasteiger partial charge in [-0.05, 0) is 103 Å². The molecule has 0 saturated heterocycles. The number of hydrogen-bond acceptors (Lipinski definition) is 1. The van der Waals surface area contributed by atoms with E-state index in [4.69, 9.17) is 13.7 Å². The number of hydrogen-bond donors (Lipinski definition) is 0. The molecule has 0 amide bonds. The molecule has 0 fully saturated rings. The molecule has 1 aromatic heterocycles. The van der Waals surface area contributed by atoms with Crippen molar-refractivity contribution in [1.29, 1.82) is 0 Å². The maximum absolute atomic E-state index is 8.67. The fourth-order valence-corrected chi connectivity index (χ4v) is 9.04. The lowest BCUT2D eigenvalue weighted by Gasteiger charge is -2.27. The van der Waals surface area contributed by atoms with Crippen LogP contribution in [0.2, 0.25) is 0 Å². The molecule has 2 heteroatoms. The lowest BCUT2D eigenvalue weighted by molar-refractivity contribution is 1.19. The van der Waals surface area contributed by atoms with Crippen LogP contribution in [0.4, 0.5) is 17.1 Å². The minimum absolute atomic E-state index is 0.0988. The normalized spacial score (nSPS) is 13.8. The zero-order chi connectivity index (χ0) is 49.7. The van der Waals surface area contributed by atoms with Crippen molar-refractivity contribution in [1.82, 2.24) is 4.57 Å². The predicted molar refractivity (Wildman–Crippen MR) is 264 cm³/mol. The van der Waals surface area contributed by atoms with Gasteiger partial charge in [0.25, 0.3) is 0 Å². The van der Waals surface area contributed by atoms with Crippen molar-refractivity contribution in [2.75, 3.05) is 4.90 Å². The summed E-state index contributed by atoms with van der Waals surface area (Å²) in [6.45, 7) is 0. The van der Waals surface area contributed by atoms with E-state index in [1.807, 2.05) is 36.4 Å². The third-order valence-electron chi connectivity index (χ3n) is 11.9. The Labute approximate surface area is 374 Å². The summed E-state index contributed by atoms with van der Waals surface area (Å²) in [5, 5.41) is 8.87. The molecule has 0 spiro atoms. The summed E-state index contributed by atoms with van der Waals surface area (Å²) in [6.07, 6.45) is 0. The van der Waals surface area contributed by atoms with Gasteiger partial charge < -0.3 is 9.47 Å². The quantitative estimate of drug-likeness (QED) is 0.156. The second kappa shape index (κ2) is 14.8. The van der Waals surface area contributed by atoms with Crippen LogP contribution in [0.5, 0.6) is 0 Å². The average Bonchev–Trinajstić information content (AvgIpc) is 3.75. The van der Waals surface area contributed by atoms with Gasteiger partial charge in [-0.15, -0.1) is 0 Å². The summed E-state index contributed by atoms with van der Waals surface area (Å²) in [6, 6.07) is 57.8. The lowest BCUT2D eigenvalue weighted by atomic mass is 9.95. The average molecular weight is 799 g/mol. The number of aromatic nitrogens is 1. The van der Waals surface area contributed by atoms with Gasteiger partial charge in [-0.1, -0.05) is 194 Å². The van der Waals surface area contributed by atoms with E-state index in [-0.39, 0.29) is 35.3 Å². The molecular formula is C60H40N2. The molecule has 11 aromatic carbocycles. The molecule has 0 radical (unpaired) electrons. The Morgan fingerprint density at radius 2 is 0.919 bits per heavy atom. The van der Waals surface area contributed by atoms with Crippen LogP contribution < -0.4 is 4.90 Å². The molecule has 0 saturated carbocycles. The molecule has 0 unspecified atom stereocenters. The summed E-state index contributed by atoms with van der Waals surface area (Å²) in [5.74, 6) is 0. The van der Waals surface area contributed by atoms with Crippen molar-refractivity contribution in [2.24, 2.45) is 0 Å². The van der Waals surface area contributed by atoms with E-state index < -0.39 is 36.3 Å². The van der Waals surface area contributed by atoms with Gasteiger partial charge in [-0.25, -0.2) is 0 Å². The first-order valence-electron chi connectivity index (χ1n) is 25.5. The fourth-order valence-electron chi connectivity index (χ4n) is 9.04. The minimum Gasteiger partial charge on any atom is -0.310 e. The summed E-state index contributed by atoms with van der Waals surface area (Å²) in [4.78, 5) is 2.06. The van der Waals surface area contributed by atoms with E-state index in [9.17, 15) is 0 Å². The Morgan fingerprint density at radius 3 is 1.63 bits per heavy atom. The molecule has 0 N–H and O–H groups in total. The van der Waals surface area contributed by atoms with Crippen molar-refractivity contribution in [2.45, 2.75) is 0 Å². The number of fused-ring (bicyclic) bond motifs is 7. The van der Waals surface area contributed by atoms with Crippen molar-refractivity contribution < 1.29 is 13.7 Å². The van der Waals surface area contributed by atoms with Gasteiger partial charge in [-0.2, -0.15) is 0 Å². The third kappa shape index (κ3) is 6.04. The largest absolute Gasteiger partial charge is 0.310 e. The van der Waals surface area contributed by atoms with E-state index in [0.29, 0.717) is 22.5 Å². The topological polar surface area (TPSA) is 8.17 Å². The maximum atomic E-state index is 8.67. The van der Waals surface area contributed by atoms with Crippen LogP contribution in [0, 0.1) is 0 Å². The predicted octanol–water partition coefficient (Wildman–Crippen LogP) is 16.7. The molecule has 0 aliphatic rings. The van der Waals surface area contributed by atoms with Gasteiger partial charge in [-0.3, -0.25) is 0 Å². The van der Waals surface area contributed by atoms with E-state index >= 15 is 0 Å². The lowest BCUT2D eigenvalue weighted by Crippen LogP contribution is -2.10. The highest BCUT2D eigenvalue weighted by atomic mass is 15.1.